The summed E-state index contributed by atoms with van der Waals surface area (Å²) in [6, 6.07) is 10.8. The van der Waals surface area contributed by atoms with Gasteiger partial charge in [-0.25, -0.2) is 17.8 Å². The third-order valence-electron chi connectivity index (χ3n) is 11.3. The van der Waals surface area contributed by atoms with Crippen molar-refractivity contribution in [2.75, 3.05) is 13.7 Å². The largest absolute Gasteiger partial charge is 0.497 e. The molecule has 0 unspecified atom stereocenters. The van der Waals surface area contributed by atoms with Crippen molar-refractivity contribution in [3.05, 3.63) is 66.5 Å². The van der Waals surface area contributed by atoms with Crippen molar-refractivity contribution in [1.82, 2.24) is 25.2 Å². The number of pyridine rings is 1. The molecule has 3 N–H and O–H groups in total. The van der Waals surface area contributed by atoms with E-state index < -0.39 is 74.4 Å². The zero-order valence-electron chi connectivity index (χ0n) is 31.6. The zero-order chi connectivity index (χ0) is 40.1. The summed E-state index contributed by atoms with van der Waals surface area (Å²) < 4.78 is 61.5. The number of rotatable bonds is 8. The molecule has 2 aromatic heterocycles. The van der Waals surface area contributed by atoms with Gasteiger partial charge in [-0.2, -0.15) is 0 Å². The normalized spacial score (nSPS) is 25.5. The maximum Gasteiger partial charge on any atom is 0.259 e. The van der Waals surface area contributed by atoms with Crippen LogP contribution in [0.4, 0.5) is 4.39 Å². The monoisotopic (exact) mass is 801 g/mol. The van der Waals surface area contributed by atoms with Crippen LogP contribution >= 0.6 is 0 Å². The van der Waals surface area contributed by atoms with Crippen LogP contribution in [0.25, 0.3) is 33.3 Å². The van der Waals surface area contributed by atoms with E-state index in [1.54, 1.807) is 42.5 Å². The van der Waals surface area contributed by atoms with Crippen molar-refractivity contribution in [2.45, 2.75) is 93.7 Å². The van der Waals surface area contributed by atoms with Gasteiger partial charge in [0.1, 0.15) is 46.4 Å². The fourth-order valence-electron chi connectivity index (χ4n) is 7.98. The van der Waals surface area contributed by atoms with Gasteiger partial charge in [0, 0.05) is 30.9 Å². The van der Waals surface area contributed by atoms with Gasteiger partial charge in [0.15, 0.2) is 11.3 Å². The average Bonchev–Trinajstić information content (AvgIpc) is 4.08. The van der Waals surface area contributed by atoms with Gasteiger partial charge in [0.2, 0.25) is 27.7 Å². The number of ether oxygens (including phenoxy) is 2. The second kappa shape index (κ2) is 15.1. The number of allylic oxidation sites excluding steroid dienone is 1. The summed E-state index contributed by atoms with van der Waals surface area (Å²) in [6.07, 6.45) is 7.23. The Kier molecular flexibility index (Phi) is 10.2. The van der Waals surface area contributed by atoms with Crippen LogP contribution in [-0.2, 0) is 29.2 Å². The number of halogens is 1. The zero-order valence-corrected chi connectivity index (χ0v) is 32.4. The quantitative estimate of drug-likeness (QED) is 0.212. The van der Waals surface area contributed by atoms with Crippen LogP contribution in [0.5, 0.6) is 11.5 Å². The lowest BCUT2D eigenvalue weighted by Crippen LogP contribution is -2.58. The van der Waals surface area contributed by atoms with Gasteiger partial charge in [-0.15, -0.1) is 0 Å². The molecule has 4 aromatic rings. The van der Waals surface area contributed by atoms with E-state index >= 15 is 4.39 Å². The molecule has 0 spiro atoms. The standard InChI is InChI=1S/C41H44FN5O9S/c1-23(48)43-31-13-7-5-3-4-6-10-24-21-41(24,40(51)46-57(52,53)27-15-16-27)45-38(49)33-19-26(22-47(33)39(31)50)55-35-20-32(28-11-8-9-12-30(28)42)44-36-29-18-25(54-2)14-17-34(29)56-37(35)36/h6,8-12,14,17-18,20,24,26-27,31,33H,3-5,7,13,15-16,19,21-22H2,1-2H3,(H,43,48)(H,45,49)(H,46,51)/t24-,26-,31+,33+,41-/m1/s1. The maximum absolute atomic E-state index is 15.2. The van der Waals surface area contributed by atoms with Crippen LogP contribution < -0.4 is 24.8 Å². The van der Waals surface area contributed by atoms with Crippen molar-refractivity contribution in [1.29, 1.82) is 0 Å². The van der Waals surface area contributed by atoms with Gasteiger partial charge in [-0.3, -0.25) is 23.9 Å². The molecule has 5 atom stereocenters. The van der Waals surface area contributed by atoms with Crippen LogP contribution in [0.2, 0.25) is 0 Å². The minimum Gasteiger partial charge on any atom is -0.497 e. The number of furan rings is 1. The van der Waals surface area contributed by atoms with Gasteiger partial charge in [0.25, 0.3) is 5.91 Å². The van der Waals surface area contributed by atoms with E-state index in [4.69, 9.17) is 18.9 Å². The van der Waals surface area contributed by atoms with Crippen molar-refractivity contribution in [2.24, 2.45) is 5.92 Å². The van der Waals surface area contributed by atoms with Crippen molar-refractivity contribution >= 4 is 55.7 Å². The van der Waals surface area contributed by atoms with E-state index in [0.717, 1.165) is 12.8 Å². The molecule has 4 aliphatic rings. The fraction of sp³-hybridized carbons (Fsp3) is 0.439. The Labute approximate surface area is 328 Å². The van der Waals surface area contributed by atoms with Crippen molar-refractivity contribution < 1.29 is 45.9 Å². The van der Waals surface area contributed by atoms with Crippen molar-refractivity contribution in [3.63, 3.8) is 0 Å². The Morgan fingerprint density at radius 3 is 2.63 bits per heavy atom. The first kappa shape index (κ1) is 38.4. The fourth-order valence-corrected chi connectivity index (χ4v) is 9.34. The Morgan fingerprint density at radius 1 is 1.07 bits per heavy atom. The second-order valence-corrected chi connectivity index (χ2v) is 17.3. The molecular weight excluding hydrogens is 758 g/mol. The number of fused-ring (bicyclic) bond motifs is 5. The molecular formula is C41H44FN5O9S. The van der Waals surface area contributed by atoms with Crippen LogP contribution in [0, 0.1) is 11.7 Å². The number of nitrogens with one attached hydrogen (secondary N) is 3. The van der Waals surface area contributed by atoms with Gasteiger partial charge >= 0.3 is 0 Å². The molecule has 0 bridgehead atoms. The number of methoxy groups -OCH3 is 1. The molecule has 2 aliphatic carbocycles. The molecule has 16 heteroatoms. The number of carbonyl (C=O) groups is 4. The highest BCUT2D eigenvalue weighted by Gasteiger charge is 2.62. The highest BCUT2D eigenvalue weighted by Crippen LogP contribution is 2.46. The van der Waals surface area contributed by atoms with E-state index in [9.17, 15) is 27.6 Å². The lowest BCUT2D eigenvalue weighted by atomic mass is 10.0. The van der Waals surface area contributed by atoms with E-state index in [1.807, 2.05) is 12.2 Å². The van der Waals surface area contributed by atoms with Gasteiger partial charge in [-0.05, 0) is 68.9 Å². The number of benzene rings is 2. The Morgan fingerprint density at radius 2 is 1.88 bits per heavy atom. The number of amides is 4. The minimum absolute atomic E-state index is 0.0319. The second-order valence-electron chi connectivity index (χ2n) is 15.4. The summed E-state index contributed by atoms with van der Waals surface area (Å²) in [7, 11) is -2.39. The third kappa shape index (κ3) is 7.66. The highest BCUT2D eigenvalue weighted by atomic mass is 32.2. The summed E-state index contributed by atoms with van der Waals surface area (Å²) in [4.78, 5) is 61.1. The highest BCUT2D eigenvalue weighted by molar-refractivity contribution is 7.91. The first-order valence-electron chi connectivity index (χ1n) is 19.3. The SMILES string of the molecule is COc1ccc2oc3c(O[C@@H]4C[C@H]5C(=O)N[C@]6(C(=O)NS(=O)(=O)C7CC7)C[C@H]6C=CCCCCC[C@H](NC(C)=O)C(=O)N5C4)cc(-c4ccccc4F)nc3c2c1. The number of aromatic nitrogens is 1. The Balaban J connectivity index is 1.16. The van der Waals surface area contributed by atoms with Crippen LogP contribution in [0.15, 0.2) is 65.1 Å². The summed E-state index contributed by atoms with van der Waals surface area (Å²) in [5, 5.41) is 5.57. The van der Waals surface area contributed by atoms with E-state index in [0.29, 0.717) is 54.3 Å². The molecule has 0 radical (unpaired) electrons. The molecule has 4 amide bonds. The molecule has 3 fully saturated rings. The van der Waals surface area contributed by atoms with Gasteiger partial charge in [0.05, 0.1) is 30.0 Å². The lowest BCUT2D eigenvalue weighted by molar-refractivity contribution is -0.142. The van der Waals surface area contributed by atoms with Crippen LogP contribution in [0.1, 0.15) is 64.7 Å². The van der Waals surface area contributed by atoms with Crippen LogP contribution in [0.3, 0.4) is 0 Å². The first-order chi connectivity index (χ1) is 27.4. The molecule has 8 rings (SSSR count). The maximum atomic E-state index is 15.2. The summed E-state index contributed by atoms with van der Waals surface area (Å²) in [5.41, 5.74) is 0.0514. The summed E-state index contributed by atoms with van der Waals surface area (Å²) >= 11 is 0. The number of hydrogen-bond acceptors (Lipinski definition) is 10. The van der Waals surface area contributed by atoms with Gasteiger partial charge in [-0.1, -0.05) is 37.1 Å². The van der Waals surface area contributed by atoms with E-state index in [2.05, 4.69) is 15.4 Å². The number of nitrogens with zero attached hydrogens (tertiary/aromatic N) is 2. The minimum atomic E-state index is -3.92. The molecule has 2 saturated carbocycles. The molecule has 14 nitrogen and oxygen atoms in total. The van der Waals surface area contributed by atoms with Gasteiger partial charge < -0.3 is 29.4 Å². The van der Waals surface area contributed by atoms with E-state index in [1.165, 1.54) is 25.0 Å². The summed E-state index contributed by atoms with van der Waals surface area (Å²) in [5.74, 6) is -2.60. The molecule has 300 valence electrons. The lowest BCUT2D eigenvalue weighted by Gasteiger charge is -2.29. The van der Waals surface area contributed by atoms with Crippen LogP contribution in [-0.4, -0.2) is 84.6 Å². The van der Waals surface area contributed by atoms with E-state index in [-0.39, 0.29) is 42.0 Å². The number of sulfonamides is 1. The third-order valence-corrected chi connectivity index (χ3v) is 13.1. The molecule has 2 aromatic carbocycles. The van der Waals surface area contributed by atoms with Crippen molar-refractivity contribution in [3.8, 4) is 22.8 Å². The Bertz CT molecular complexity index is 2410. The summed E-state index contributed by atoms with van der Waals surface area (Å²) in [6.45, 7) is 1.24. The number of carbonyl (C=O) groups excluding carboxylic acids is 4. The smallest absolute Gasteiger partial charge is 0.259 e. The average molecular weight is 802 g/mol. The first-order valence-corrected chi connectivity index (χ1v) is 20.9. The predicted molar refractivity (Wildman–Crippen MR) is 207 cm³/mol. The Hall–Kier alpha value is -5.51. The molecule has 1 saturated heterocycles. The molecule has 2 aliphatic heterocycles. The topological polar surface area (TPSA) is 186 Å². The molecule has 4 heterocycles. The number of hydrogen-bond donors (Lipinski definition) is 3. The predicted octanol–water partition coefficient (Wildman–Crippen LogP) is 4.65. The molecule has 57 heavy (non-hydrogen) atoms.